The molecule has 0 aliphatic carbocycles. The zero-order chi connectivity index (χ0) is 15.0. The highest BCUT2D eigenvalue weighted by atomic mass is 16.5. The van der Waals surface area contributed by atoms with E-state index in [0.29, 0.717) is 19.3 Å². The maximum Gasteiger partial charge on any atom is 0.124 e. The van der Waals surface area contributed by atoms with Gasteiger partial charge in [0.05, 0.1) is 19.8 Å². The van der Waals surface area contributed by atoms with Crippen LogP contribution in [-0.2, 0) is 11.3 Å². The van der Waals surface area contributed by atoms with Gasteiger partial charge < -0.3 is 19.5 Å². The Hall–Kier alpha value is -1.26. The molecule has 4 nitrogen and oxygen atoms in total. The highest BCUT2D eigenvalue weighted by Gasteiger charge is 2.07. The van der Waals surface area contributed by atoms with Gasteiger partial charge in [0, 0.05) is 18.2 Å². The van der Waals surface area contributed by atoms with Crippen molar-refractivity contribution in [2.45, 2.75) is 46.4 Å². The first kappa shape index (κ1) is 16.8. The molecule has 0 saturated carbocycles. The fourth-order valence-corrected chi connectivity index (χ4v) is 1.71. The Labute approximate surface area is 122 Å². The summed E-state index contributed by atoms with van der Waals surface area (Å²) in [6.07, 6.45) is 0.233. The van der Waals surface area contributed by atoms with E-state index < -0.39 is 0 Å². The second kappa shape index (κ2) is 8.82. The molecule has 0 unspecified atom stereocenters. The van der Waals surface area contributed by atoms with Crippen molar-refractivity contribution in [2.24, 2.45) is 0 Å². The summed E-state index contributed by atoms with van der Waals surface area (Å²) in [5, 5.41) is 3.40. The van der Waals surface area contributed by atoms with Crippen molar-refractivity contribution < 1.29 is 14.2 Å². The quantitative estimate of drug-likeness (QED) is 0.706. The van der Waals surface area contributed by atoms with Gasteiger partial charge in [0.15, 0.2) is 0 Å². The fourth-order valence-electron chi connectivity index (χ4n) is 1.71. The molecule has 0 aliphatic rings. The Kier molecular flexibility index (Phi) is 7.41. The minimum Gasteiger partial charge on any atom is -0.497 e. The normalized spacial score (nSPS) is 11.2. The predicted molar refractivity (Wildman–Crippen MR) is 81.6 cm³/mol. The Morgan fingerprint density at radius 3 is 2.45 bits per heavy atom. The Morgan fingerprint density at radius 1 is 1.10 bits per heavy atom. The number of methoxy groups -OCH3 is 1. The molecule has 4 heteroatoms. The summed E-state index contributed by atoms with van der Waals surface area (Å²) in [7, 11) is 1.67. The zero-order valence-corrected chi connectivity index (χ0v) is 13.2. The van der Waals surface area contributed by atoms with E-state index in [0.717, 1.165) is 23.6 Å². The Balaban J connectivity index is 2.62. The third-order valence-electron chi connectivity index (χ3n) is 2.76. The minimum absolute atomic E-state index is 0.233. The molecule has 0 atom stereocenters. The van der Waals surface area contributed by atoms with Gasteiger partial charge in [-0.2, -0.15) is 0 Å². The minimum atomic E-state index is 0.233. The van der Waals surface area contributed by atoms with Crippen LogP contribution in [-0.4, -0.2) is 32.5 Å². The van der Waals surface area contributed by atoms with Gasteiger partial charge in [0.25, 0.3) is 0 Å². The first-order valence-electron chi connectivity index (χ1n) is 7.17. The Morgan fingerprint density at radius 2 is 1.85 bits per heavy atom. The lowest BCUT2D eigenvalue weighted by molar-refractivity contribution is 0.0550. The molecule has 0 aliphatic heterocycles. The molecular formula is C16H27NO3. The number of hydrogen-bond donors (Lipinski definition) is 1. The highest BCUT2D eigenvalue weighted by molar-refractivity contribution is 5.40. The molecule has 0 aromatic heterocycles. The highest BCUT2D eigenvalue weighted by Crippen LogP contribution is 2.24. The Bertz CT molecular complexity index is 391. The van der Waals surface area contributed by atoms with Crippen LogP contribution in [0, 0.1) is 0 Å². The topological polar surface area (TPSA) is 39.7 Å². The van der Waals surface area contributed by atoms with E-state index >= 15 is 0 Å². The van der Waals surface area contributed by atoms with Crippen LogP contribution in [0.5, 0.6) is 11.5 Å². The molecule has 1 aromatic carbocycles. The van der Waals surface area contributed by atoms with Gasteiger partial charge in [-0.25, -0.2) is 0 Å². The predicted octanol–water partition coefficient (Wildman–Crippen LogP) is 3.00. The number of ether oxygens (including phenoxy) is 3. The summed E-state index contributed by atoms with van der Waals surface area (Å²) in [6.45, 7) is 10.2. The third-order valence-corrected chi connectivity index (χ3v) is 2.76. The summed E-state index contributed by atoms with van der Waals surface area (Å²) in [5.41, 5.74) is 1.10. The van der Waals surface area contributed by atoms with E-state index in [1.165, 1.54) is 0 Å². The number of benzene rings is 1. The van der Waals surface area contributed by atoms with Gasteiger partial charge in [-0.15, -0.1) is 0 Å². The molecule has 20 heavy (non-hydrogen) atoms. The average molecular weight is 281 g/mol. The lowest BCUT2D eigenvalue weighted by Crippen LogP contribution is -2.22. The molecular weight excluding hydrogens is 254 g/mol. The molecule has 0 amide bonds. The van der Waals surface area contributed by atoms with Crippen LogP contribution in [0.25, 0.3) is 0 Å². The summed E-state index contributed by atoms with van der Waals surface area (Å²) in [4.78, 5) is 0. The lowest BCUT2D eigenvalue weighted by Gasteiger charge is -2.15. The maximum absolute atomic E-state index is 5.80. The van der Waals surface area contributed by atoms with Crippen LogP contribution in [0.1, 0.15) is 33.3 Å². The summed E-state index contributed by atoms with van der Waals surface area (Å²) >= 11 is 0. The van der Waals surface area contributed by atoms with Crippen molar-refractivity contribution in [3.63, 3.8) is 0 Å². The second-order valence-electron chi connectivity index (χ2n) is 5.28. The number of nitrogens with one attached hydrogen (secondary N) is 1. The van der Waals surface area contributed by atoms with Gasteiger partial charge in [-0.05, 0) is 32.0 Å². The molecule has 0 heterocycles. The SMILES string of the molecule is COc1ccc(OCCOC(C)C)c(CNC(C)C)c1. The molecule has 0 bridgehead atoms. The second-order valence-corrected chi connectivity index (χ2v) is 5.28. The van der Waals surface area contributed by atoms with Crippen LogP contribution in [0.3, 0.4) is 0 Å². The number of rotatable bonds is 9. The number of hydrogen-bond acceptors (Lipinski definition) is 4. The van der Waals surface area contributed by atoms with Crippen molar-refractivity contribution in [3.8, 4) is 11.5 Å². The van der Waals surface area contributed by atoms with Crippen molar-refractivity contribution in [2.75, 3.05) is 20.3 Å². The summed E-state index contributed by atoms with van der Waals surface area (Å²) < 4.78 is 16.5. The van der Waals surface area contributed by atoms with E-state index in [1.807, 2.05) is 32.0 Å². The molecule has 0 saturated heterocycles. The van der Waals surface area contributed by atoms with E-state index in [1.54, 1.807) is 7.11 Å². The fraction of sp³-hybridized carbons (Fsp3) is 0.625. The van der Waals surface area contributed by atoms with Gasteiger partial charge >= 0.3 is 0 Å². The zero-order valence-electron chi connectivity index (χ0n) is 13.2. The largest absolute Gasteiger partial charge is 0.497 e. The average Bonchev–Trinajstić information content (AvgIpc) is 2.41. The maximum atomic E-state index is 5.80. The summed E-state index contributed by atoms with van der Waals surface area (Å²) in [5.74, 6) is 1.72. The van der Waals surface area contributed by atoms with Gasteiger partial charge in [-0.3, -0.25) is 0 Å². The van der Waals surface area contributed by atoms with Gasteiger partial charge in [0.2, 0.25) is 0 Å². The molecule has 1 aromatic rings. The molecule has 1 rings (SSSR count). The van der Waals surface area contributed by atoms with Gasteiger partial charge in [0.1, 0.15) is 18.1 Å². The third kappa shape index (κ3) is 6.26. The molecule has 114 valence electrons. The van der Waals surface area contributed by atoms with Crippen molar-refractivity contribution in [1.82, 2.24) is 5.32 Å². The van der Waals surface area contributed by atoms with E-state index in [-0.39, 0.29) is 6.10 Å². The van der Waals surface area contributed by atoms with E-state index in [9.17, 15) is 0 Å². The van der Waals surface area contributed by atoms with Crippen LogP contribution in [0.15, 0.2) is 18.2 Å². The first-order valence-corrected chi connectivity index (χ1v) is 7.17. The molecule has 1 N–H and O–H groups in total. The molecule has 0 fully saturated rings. The van der Waals surface area contributed by atoms with Crippen LogP contribution >= 0.6 is 0 Å². The van der Waals surface area contributed by atoms with Crippen molar-refractivity contribution in [1.29, 1.82) is 0 Å². The van der Waals surface area contributed by atoms with Crippen molar-refractivity contribution in [3.05, 3.63) is 23.8 Å². The van der Waals surface area contributed by atoms with E-state index in [2.05, 4.69) is 19.2 Å². The lowest BCUT2D eigenvalue weighted by atomic mass is 10.1. The molecule has 0 spiro atoms. The van der Waals surface area contributed by atoms with Crippen LogP contribution in [0.2, 0.25) is 0 Å². The standard InChI is InChI=1S/C16H27NO3/c1-12(2)17-11-14-10-15(18-5)6-7-16(14)20-9-8-19-13(3)4/h6-7,10,12-13,17H,8-9,11H2,1-5H3. The van der Waals surface area contributed by atoms with E-state index in [4.69, 9.17) is 14.2 Å². The van der Waals surface area contributed by atoms with Crippen molar-refractivity contribution >= 4 is 0 Å². The molecule has 0 radical (unpaired) electrons. The summed E-state index contributed by atoms with van der Waals surface area (Å²) in [6, 6.07) is 6.30. The smallest absolute Gasteiger partial charge is 0.124 e. The van der Waals surface area contributed by atoms with Crippen LogP contribution < -0.4 is 14.8 Å². The van der Waals surface area contributed by atoms with Gasteiger partial charge in [-0.1, -0.05) is 13.8 Å². The first-order chi connectivity index (χ1) is 9.52. The van der Waals surface area contributed by atoms with Crippen LogP contribution in [0.4, 0.5) is 0 Å². The monoisotopic (exact) mass is 281 g/mol.